The lowest BCUT2D eigenvalue weighted by Gasteiger charge is -2.43. The van der Waals surface area contributed by atoms with Gasteiger partial charge in [0.05, 0.1) is 11.3 Å². The van der Waals surface area contributed by atoms with Gasteiger partial charge in [-0.25, -0.2) is 0 Å². The van der Waals surface area contributed by atoms with E-state index in [1.165, 1.54) is 0 Å². The van der Waals surface area contributed by atoms with Crippen molar-refractivity contribution in [3.8, 4) is 0 Å². The lowest BCUT2D eigenvalue weighted by atomic mass is 9.76. The number of carbonyl (C=O) groups excluding carboxylic acids is 1. The fraction of sp³-hybridized carbons (Fsp3) is 0.500. The highest BCUT2D eigenvalue weighted by atomic mass is 35.5. The number of aromatic nitrogens is 2. The van der Waals surface area contributed by atoms with Crippen LogP contribution in [0.2, 0.25) is 5.02 Å². The third-order valence-electron chi connectivity index (χ3n) is 5.32. The average molecular weight is 346 g/mol. The highest BCUT2D eigenvalue weighted by molar-refractivity contribution is 6.30. The first kappa shape index (κ1) is 15.6. The second-order valence-electron chi connectivity index (χ2n) is 6.88. The number of amides is 1. The monoisotopic (exact) mass is 345 g/mol. The number of halogens is 1. The molecule has 1 saturated heterocycles. The summed E-state index contributed by atoms with van der Waals surface area (Å²) in [5.74, 6) is 1.68. The molecule has 1 aromatic heterocycles. The summed E-state index contributed by atoms with van der Waals surface area (Å²) in [7, 11) is 0. The summed E-state index contributed by atoms with van der Waals surface area (Å²) in [6.45, 7) is 3.13. The summed E-state index contributed by atoms with van der Waals surface area (Å²) in [6, 6.07) is 7.77. The van der Waals surface area contributed by atoms with E-state index in [0.717, 1.165) is 31.2 Å². The standard InChI is InChI=1S/C18H20ClN3O2/c1-12-20-16(24-21-12)13-10-22(11-13)17(23)18(8-2-3-9-18)14-4-6-15(19)7-5-14/h4-7,13H,2-3,8-11H2,1H3. The van der Waals surface area contributed by atoms with Gasteiger partial charge in [-0.1, -0.05) is 41.7 Å². The molecule has 0 radical (unpaired) electrons. The van der Waals surface area contributed by atoms with Crippen molar-refractivity contribution in [2.75, 3.05) is 13.1 Å². The molecule has 4 rings (SSSR count). The van der Waals surface area contributed by atoms with E-state index in [2.05, 4.69) is 10.1 Å². The molecule has 2 aliphatic rings. The zero-order valence-electron chi connectivity index (χ0n) is 13.7. The van der Waals surface area contributed by atoms with Crippen LogP contribution in [0.15, 0.2) is 28.8 Å². The van der Waals surface area contributed by atoms with Gasteiger partial charge in [-0.15, -0.1) is 0 Å². The van der Waals surface area contributed by atoms with Crippen LogP contribution in [0.5, 0.6) is 0 Å². The minimum Gasteiger partial charge on any atom is -0.340 e. The van der Waals surface area contributed by atoms with Gasteiger partial charge in [-0.05, 0) is 37.5 Å². The van der Waals surface area contributed by atoms with Crippen molar-refractivity contribution in [2.24, 2.45) is 0 Å². The first-order valence-corrected chi connectivity index (χ1v) is 8.82. The van der Waals surface area contributed by atoms with E-state index in [4.69, 9.17) is 16.1 Å². The Labute approximate surface area is 146 Å². The number of benzene rings is 1. The second-order valence-corrected chi connectivity index (χ2v) is 7.32. The number of nitrogens with zero attached hydrogens (tertiary/aromatic N) is 3. The largest absolute Gasteiger partial charge is 0.340 e. The molecule has 0 spiro atoms. The molecule has 0 N–H and O–H groups in total. The Kier molecular flexibility index (Phi) is 3.83. The summed E-state index contributed by atoms with van der Waals surface area (Å²) in [4.78, 5) is 19.5. The summed E-state index contributed by atoms with van der Waals surface area (Å²) in [6.07, 6.45) is 4.01. The highest BCUT2D eigenvalue weighted by Crippen LogP contribution is 2.44. The molecule has 2 aromatic rings. The first-order chi connectivity index (χ1) is 11.6. The van der Waals surface area contributed by atoms with Gasteiger partial charge in [-0.3, -0.25) is 4.79 Å². The Morgan fingerprint density at radius 1 is 1.25 bits per heavy atom. The van der Waals surface area contributed by atoms with E-state index in [1.807, 2.05) is 36.1 Å². The molecular weight excluding hydrogens is 326 g/mol. The van der Waals surface area contributed by atoms with Crippen LogP contribution in [0, 0.1) is 6.92 Å². The Bertz CT molecular complexity index is 744. The van der Waals surface area contributed by atoms with Gasteiger partial charge in [0.2, 0.25) is 11.8 Å². The van der Waals surface area contributed by atoms with Gasteiger partial charge in [0.1, 0.15) is 0 Å². The minimum absolute atomic E-state index is 0.166. The van der Waals surface area contributed by atoms with Crippen LogP contribution in [0.4, 0.5) is 0 Å². The molecule has 1 aliphatic heterocycles. The van der Waals surface area contributed by atoms with Crippen LogP contribution in [0.25, 0.3) is 0 Å². The molecule has 0 bridgehead atoms. The van der Waals surface area contributed by atoms with Crippen LogP contribution in [-0.2, 0) is 10.2 Å². The summed E-state index contributed by atoms with van der Waals surface area (Å²) >= 11 is 6.01. The smallest absolute Gasteiger partial charge is 0.233 e. The van der Waals surface area contributed by atoms with Crippen molar-refractivity contribution in [1.82, 2.24) is 15.0 Å². The SMILES string of the molecule is Cc1noc(C2CN(C(=O)C3(c4ccc(Cl)cc4)CCCC3)C2)n1. The van der Waals surface area contributed by atoms with E-state index in [0.29, 0.717) is 29.8 Å². The number of rotatable bonds is 3. The summed E-state index contributed by atoms with van der Waals surface area (Å²) < 4.78 is 5.23. The lowest BCUT2D eigenvalue weighted by molar-refractivity contribution is -0.142. The summed E-state index contributed by atoms with van der Waals surface area (Å²) in [5.41, 5.74) is 0.701. The van der Waals surface area contributed by atoms with Crippen LogP contribution in [-0.4, -0.2) is 34.0 Å². The Morgan fingerprint density at radius 3 is 2.50 bits per heavy atom. The van der Waals surface area contributed by atoms with E-state index >= 15 is 0 Å². The quantitative estimate of drug-likeness (QED) is 0.854. The second kappa shape index (κ2) is 5.88. The minimum atomic E-state index is -0.389. The zero-order chi connectivity index (χ0) is 16.7. The molecule has 24 heavy (non-hydrogen) atoms. The molecule has 5 nitrogen and oxygen atoms in total. The average Bonchev–Trinajstić information content (AvgIpc) is 3.17. The van der Waals surface area contributed by atoms with Crippen molar-refractivity contribution in [3.63, 3.8) is 0 Å². The molecule has 2 heterocycles. The lowest BCUT2D eigenvalue weighted by Crippen LogP contribution is -2.55. The van der Waals surface area contributed by atoms with Gasteiger partial charge in [-0.2, -0.15) is 4.98 Å². The normalized spacial score (nSPS) is 20.2. The van der Waals surface area contributed by atoms with Crippen LogP contribution < -0.4 is 0 Å². The Balaban J connectivity index is 1.52. The van der Waals surface area contributed by atoms with Gasteiger partial charge in [0, 0.05) is 18.1 Å². The van der Waals surface area contributed by atoms with Crippen LogP contribution >= 0.6 is 11.6 Å². The predicted octanol–water partition coefficient (Wildman–Crippen LogP) is 3.47. The first-order valence-electron chi connectivity index (χ1n) is 8.44. The molecule has 2 fully saturated rings. The van der Waals surface area contributed by atoms with Gasteiger partial charge in [0.25, 0.3) is 0 Å². The van der Waals surface area contributed by atoms with Gasteiger partial charge in [0.15, 0.2) is 5.82 Å². The maximum atomic E-state index is 13.2. The van der Waals surface area contributed by atoms with E-state index in [9.17, 15) is 4.79 Å². The van der Waals surface area contributed by atoms with Crippen LogP contribution in [0.3, 0.4) is 0 Å². The fourth-order valence-corrected chi connectivity index (χ4v) is 4.08. The van der Waals surface area contributed by atoms with E-state index < -0.39 is 0 Å². The van der Waals surface area contributed by atoms with Crippen molar-refractivity contribution >= 4 is 17.5 Å². The van der Waals surface area contributed by atoms with Crippen molar-refractivity contribution in [2.45, 2.75) is 43.9 Å². The predicted molar refractivity (Wildman–Crippen MR) is 90.0 cm³/mol. The van der Waals surface area contributed by atoms with E-state index in [-0.39, 0.29) is 17.2 Å². The molecule has 6 heteroatoms. The topological polar surface area (TPSA) is 59.2 Å². The molecule has 1 aromatic carbocycles. The van der Waals surface area contributed by atoms with Crippen molar-refractivity contribution in [3.05, 3.63) is 46.6 Å². The number of carbonyl (C=O) groups is 1. The Morgan fingerprint density at radius 2 is 1.92 bits per heavy atom. The molecular formula is C18H20ClN3O2. The Hall–Kier alpha value is -1.88. The third-order valence-corrected chi connectivity index (χ3v) is 5.58. The maximum absolute atomic E-state index is 13.2. The summed E-state index contributed by atoms with van der Waals surface area (Å²) in [5, 5.41) is 4.54. The van der Waals surface area contributed by atoms with Crippen LogP contribution in [0.1, 0.15) is 48.9 Å². The number of likely N-dealkylation sites (tertiary alicyclic amines) is 1. The number of hydrogen-bond donors (Lipinski definition) is 0. The maximum Gasteiger partial charge on any atom is 0.233 e. The molecule has 1 saturated carbocycles. The van der Waals surface area contributed by atoms with Gasteiger partial charge >= 0.3 is 0 Å². The molecule has 126 valence electrons. The highest BCUT2D eigenvalue weighted by Gasteiger charge is 2.48. The molecule has 1 amide bonds. The van der Waals surface area contributed by atoms with Crippen molar-refractivity contribution < 1.29 is 9.32 Å². The number of hydrogen-bond acceptors (Lipinski definition) is 4. The van der Waals surface area contributed by atoms with Crippen molar-refractivity contribution in [1.29, 1.82) is 0 Å². The molecule has 0 unspecified atom stereocenters. The third kappa shape index (κ3) is 2.51. The molecule has 0 atom stereocenters. The zero-order valence-corrected chi connectivity index (χ0v) is 14.4. The van der Waals surface area contributed by atoms with E-state index in [1.54, 1.807) is 0 Å². The fourth-order valence-electron chi connectivity index (χ4n) is 3.96. The van der Waals surface area contributed by atoms with Gasteiger partial charge < -0.3 is 9.42 Å². The number of aryl methyl sites for hydroxylation is 1. The molecule has 1 aliphatic carbocycles.